The number of carbonyl (C=O) groups is 1. The van der Waals surface area contributed by atoms with Crippen molar-refractivity contribution in [1.82, 2.24) is 19.9 Å². The SMILES string of the molecule is O=C(c1nc(-c2cccs2)cs1)N1CC(Nc2ccncn2)C1. The lowest BCUT2D eigenvalue weighted by molar-refractivity contribution is 0.0624. The highest BCUT2D eigenvalue weighted by Gasteiger charge is 2.32. The Hall–Kier alpha value is -2.32. The van der Waals surface area contributed by atoms with Crippen LogP contribution in [0.4, 0.5) is 5.82 Å². The quantitative estimate of drug-likeness (QED) is 0.788. The second-order valence-electron chi connectivity index (χ2n) is 5.16. The first-order chi connectivity index (χ1) is 11.3. The van der Waals surface area contributed by atoms with Crippen LogP contribution >= 0.6 is 22.7 Å². The Bertz CT molecular complexity index is 796. The molecule has 0 spiro atoms. The first kappa shape index (κ1) is 14.3. The summed E-state index contributed by atoms with van der Waals surface area (Å²) in [5.41, 5.74) is 0.879. The lowest BCUT2D eigenvalue weighted by atomic mass is 10.1. The van der Waals surface area contributed by atoms with Gasteiger partial charge in [0, 0.05) is 24.7 Å². The maximum Gasteiger partial charge on any atom is 0.282 e. The number of rotatable bonds is 4. The van der Waals surface area contributed by atoms with Crippen molar-refractivity contribution in [2.75, 3.05) is 18.4 Å². The standard InChI is InChI=1S/C15H13N5OS2/c21-15(14-19-11(8-23-14)12-2-1-5-22-12)20-6-10(7-20)18-13-3-4-16-9-17-13/h1-5,8-10H,6-7H2,(H,16,17,18). The number of amides is 1. The van der Waals surface area contributed by atoms with Crippen LogP contribution in [-0.4, -0.2) is 44.9 Å². The van der Waals surface area contributed by atoms with Gasteiger partial charge in [-0.2, -0.15) is 0 Å². The lowest BCUT2D eigenvalue weighted by Gasteiger charge is -2.39. The average Bonchev–Trinajstić information content (AvgIpc) is 3.21. The summed E-state index contributed by atoms with van der Waals surface area (Å²) < 4.78 is 0. The van der Waals surface area contributed by atoms with E-state index in [-0.39, 0.29) is 11.9 Å². The molecule has 1 N–H and O–H groups in total. The molecule has 0 aliphatic carbocycles. The minimum atomic E-state index is -0.00135. The van der Waals surface area contributed by atoms with Crippen LogP contribution in [0.3, 0.4) is 0 Å². The summed E-state index contributed by atoms with van der Waals surface area (Å²) in [4.78, 5) is 27.8. The van der Waals surface area contributed by atoms with Crippen LogP contribution in [0.15, 0.2) is 41.5 Å². The van der Waals surface area contributed by atoms with Gasteiger partial charge in [0.2, 0.25) is 0 Å². The number of thiophene rings is 1. The molecule has 0 saturated carbocycles. The number of hydrogen-bond acceptors (Lipinski definition) is 7. The number of nitrogens with zero attached hydrogens (tertiary/aromatic N) is 4. The Kier molecular flexibility index (Phi) is 3.76. The van der Waals surface area contributed by atoms with Gasteiger partial charge in [-0.3, -0.25) is 4.79 Å². The van der Waals surface area contributed by atoms with Crippen LogP contribution in [0.2, 0.25) is 0 Å². The first-order valence-electron chi connectivity index (χ1n) is 7.11. The number of hydrogen-bond donors (Lipinski definition) is 1. The van der Waals surface area contributed by atoms with Crippen LogP contribution in [-0.2, 0) is 0 Å². The lowest BCUT2D eigenvalue weighted by Crippen LogP contribution is -2.57. The minimum Gasteiger partial charge on any atom is -0.364 e. The van der Waals surface area contributed by atoms with E-state index < -0.39 is 0 Å². The maximum absolute atomic E-state index is 12.4. The minimum absolute atomic E-state index is 0.00135. The second-order valence-corrected chi connectivity index (χ2v) is 6.97. The van der Waals surface area contributed by atoms with E-state index in [1.807, 2.05) is 29.0 Å². The monoisotopic (exact) mass is 343 g/mol. The maximum atomic E-state index is 12.4. The molecule has 0 atom stereocenters. The molecule has 4 heterocycles. The van der Waals surface area contributed by atoms with Gasteiger partial charge in [-0.25, -0.2) is 15.0 Å². The van der Waals surface area contributed by atoms with Crippen LogP contribution in [0, 0.1) is 0 Å². The van der Waals surface area contributed by atoms with Gasteiger partial charge in [-0.15, -0.1) is 22.7 Å². The highest BCUT2D eigenvalue weighted by atomic mass is 32.1. The summed E-state index contributed by atoms with van der Waals surface area (Å²) in [5.74, 6) is 0.782. The fourth-order valence-electron chi connectivity index (χ4n) is 2.37. The predicted molar refractivity (Wildman–Crippen MR) is 90.8 cm³/mol. The summed E-state index contributed by atoms with van der Waals surface area (Å²) in [7, 11) is 0. The molecule has 1 fully saturated rings. The van der Waals surface area contributed by atoms with Gasteiger partial charge in [0.25, 0.3) is 5.91 Å². The van der Waals surface area contributed by atoms with E-state index in [2.05, 4.69) is 20.3 Å². The van der Waals surface area contributed by atoms with Crippen molar-refractivity contribution in [3.05, 3.63) is 46.5 Å². The Morgan fingerprint density at radius 3 is 2.96 bits per heavy atom. The molecule has 116 valence electrons. The Morgan fingerprint density at radius 2 is 2.22 bits per heavy atom. The fourth-order valence-corrected chi connectivity index (χ4v) is 3.91. The zero-order valence-electron chi connectivity index (χ0n) is 12.0. The Balaban J connectivity index is 1.36. The summed E-state index contributed by atoms with van der Waals surface area (Å²) in [6.45, 7) is 1.33. The van der Waals surface area contributed by atoms with Crippen LogP contribution in [0.1, 0.15) is 9.80 Å². The van der Waals surface area contributed by atoms with Crippen LogP contribution in [0.5, 0.6) is 0 Å². The molecule has 1 aliphatic heterocycles. The summed E-state index contributed by atoms with van der Waals surface area (Å²) >= 11 is 3.03. The molecule has 0 aromatic carbocycles. The van der Waals surface area contributed by atoms with E-state index in [1.165, 1.54) is 17.7 Å². The van der Waals surface area contributed by atoms with Gasteiger partial charge in [-0.1, -0.05) is 6.07 Å². The summed E-state index contributed by atoms with van der Waals surface area (Å²) in [6.07, 6.45) is 3.20. The van der Waals surface area contributed by atoms with E-state index in [0.29, 0.717) is 18.1 Å². The number of carbonyl (C=O) groups excluding carboxylic acids is 1. The highest BCUT2D eigenvalue weighted by Crippen LogP contribution is 2.27. The number of aromatic nitrogens is 3. The summed E-state index contributed by atoms with van der Waals surface area (Å²) in [5, 5.41) is 7.78. The van der Waals surface area contributed by atoms with Gasteiger partial charge >= 0.3 is 0 Å². The van der Waals surface area contributed by atoms with Gasteiger partial charge in [0.1, 0.15) is 12.1 Å². The molecule has 0 bridgehead atoms. The number of anilines is 1. The van der Waals surface area contributed by atoms with Gasteiger partial charge in [-0.05, 0) is 17.5 Å². The molecule has 8 heteroatoms. The molecule has 23 heavy (non-hydrogen) atoms. The van der Waals surface area contributed by atoms with Crippen molar-refractivity contribution in [3.63, 3.8) is 0 Å². The van der Waals surface area contributed by atoms with Crippen molar-refractivity contribution in [1.29, 1.82) is 0 Å². The van der Waals surface area contributed by atoms with Crippen molar-refractivity contribution < 1.29 is 4.79 Å². The third-order valence-electron chi connectivity index (χ3n) is 3.56. The first-order valence-corrected chi connectivity index (χ1v) is 8.87. The highest BCUT2D eigenvalue weighted by molar-refractivity contribution is 7.15. The third-order valence-corrected chi connectivity index (χ3v) is 5.29. The van der Waals surface area contributed by atoms with Crippen molar-refractivity contribution >= 4 is 34.4 Å². The number of likely N-dealkylation sites (tertiary alicyclic amines) is 1. The van der Waals surface area contributed by atoms with Crippen molar-refractivity contribution in [2.45, 2.75) is 6.04 Å². The average molecular weight is 343 g/mol. The van der Waals surface area contributed by atoms with Gasteiger partial charge in [0.15, 0.2) is 5.01 Å². The van der Waals surface area contributed by atoms with Gasteiger partial charge in [0.05, 0.1) is 16.6 Å². The van der Waals surface area contributed by atoms with Crippen molar-refractivity contribution in [3.8, 4) is 10.6 Å². The van der Waals surface area contributed by atoms with E-state index in [0.717, 1.165) is 16.4 Å². The number of nitrogens with one attached hydrogen (secondary N) is 1. The molecule has 3 aromatic rings. The fraction of sp³-hybridized carbons (Fsp3) is 0.200. The van der Waals surface area contributed by atoms with E-state index in [9.17, 15) is 4.79 Å². The zero-order chi connectivity index (χ0) is 15.6. The molecule has 6 nitrogen and oxygen atoms in total. The van der Waals surface area contributed by atoms with E-state index in [1.54, 1.807) is 22.4 Å². The molecule has 1 aliphatic rings. The molecular weight excluding hydrogens is 330 g/mol. The smallest absolute Gasteiger partial charge is 0.282 e. The molecule has 1 amide bonds. The van der Waals surface area contributed by atoms with E-state index in [4.69, 9.17) is 0 Å². The molecule has 3 aromatic heterocycles. The van der Waals surface area contributed by atoms with Crippen molar-refractivity contribution in [2.24, 2.45) is 0 Å². The molecule has 0 unspecified atom stereocenters. The second kappa shape index (κ2) is 6.05. The van der Waals surface area contributed by atoms with E-state index >= 15 is 0 Å². The zero-order valence-corrected chi connectivity index (χ0v) is 13.7. The molecular formula is C15H13N5OS2. The Morgan fingerprint density at radius 1 is 1.30 bits per heavy atom. The third kappa shape index (κ3) is 2.95. The number of thiazole rings is 1. The molecule has 4 rings (SSSR count). The summed E-state index contributed by atoms with van der Waals surface area (Å²) in [6, 6.07) is 6.04. The molecule has 0 radical (unpaired) electrons. The molecule has 1 saturated heterocycles. The predicted octanol–water partition coefficient (Wildman–Crippen LogP) is 2.60. The topological polar surface area (TPSA) is 71.0 Å². The van der Waals surface area contributed by atoms with Crippen LogP contribution in [0.25, 0.3) is 10.6 Å². The normalized spacial score (nSPS) is 14.5. The van der Waals surface area contributed by atoms with Gasteiger partial charge < -0.3 is 10.2 Å². The van der Waals surface area contributed by atoms with Crippen LogP contribution < -0.4 is 5.32 Å². The Labute approximate surface area is 140 Å². The largest absolute Gasteiger partial charge is 0.364 e.